The fourth-order valence-corrected chi connectivity index (χ4v) is 3.20. The Labute approximate surface area is 142 Å². The Kier molecular flexibility index (Phi) is 8.55. The van der Waals surface area contributed by atoms with Gasteiger partial charge in [-0.15, -0.1) is 0 Å². The zero-order valence-corrected chi connectivity index (χ0v) is 14.8. The molecule has 2 rings (SSSR count). The topological polar surface area (TPSA) is 0 Å². The van der Waals surface area contributed by atoms with Gasteiger partial charge in [0, 0.05) is 0 Å². The van der Waals surface area contributed by atoms with Crippen LogP contribution in [0.1, 0.15) is 70.3 Å². The first kappa shape index (κ1) is 17.8. The monoisotopic (exact) mass is 308 g/mol. The third-order valence-corrected chi connectivity index (χ3v) is 4.60. The Morgan fingerprint density at radius 1 is 0.696 bits per heavy atom. The summed E-state index contributed by atoms with van der Waals surface area (Å²) in [5, 5.41) is 2.77. The highest BCUT2D eigenvalue weighted by atomic mass is 14.0. The Hall–Kier alpha value is -1.56. The summed E-state index contributed by atoms with van der Waals surface area (Å²) in [6, 6.07) is 15.4. The van der Waals surface area contributed by atoms with E-state index in [1.807, 2.05) is 0 Å². The van der Waals surface area contributed by atoms with E-state index in [1.54, 1.807) is 0 Å². The summed E-state index contributed by atoms with van der Waals surface area (Å²) in [7, 11) is 0. The zero-order chi connectivity index (χ0) is 16.2. The lowest BCUT2D eigenvalue weighted by atomic mass is 10.0. The first-order chi connectivity index (χ1) is 11.4. The molecule has 0 nitrogen and oxygen atoms in total. The lowest BCUT2D eigenvalue weighted by molar-refractivity contribution is 0.592. The lowest BCUT2D eigenvalue weighted by Gasteiger charge is -2.04. The standard InChI is InChI=1S/C23H32/c1-2-3-4-5-6-7-8-9-10-11-12-16-21-18-15-19-22-17-13-14-20-23(21)22/h10-11,13-15,17-20H,2-9,12,16H2,1H3/b11-10+. The van der Waals surface area contributed by atoms with Crippen LogP contribution in [-0.4, -0.2) is 0 Å². The highest BCUT2D eigenvalue weighted by molar-refractivity contribution is 5.85. The van der Waals surface area contributed by atoms with Crippen molar-refractivity contribution in [2.75, 3.05) is 0 Å². The fourth-order valence-electron chi connectivity index (χ4n) is 3.20. The van der Waals surface area contributed by atoms with Gasteiger partial charge in [-0.05, 0) is 42.0 Å². The zero-order valence-electron chi connectivity index (χ0n) is 14.8. The second-order valence-corrected chi connectivity index (χ2v) is 6.56. The average molecular weight is 309 g/mol. The van der Waals surface area contributed by atoms with Gasteiger partial charge in [0.25, 0.3) is 0 Å². The molecule has 0 aliphatic carbocycles. The largest absolute Gasteiger partial charge is 0.0885 e. The summed E-state index contributed by atoms with van der Waals surface area (Å²) in [6.07, 6.45) is 18.1. The number of unbranched alkanes of at least 4 members (excludes halogenated alkanes) is 7. The van der Waals surface area contributed by atoms with Crippen molar-refractivity contribution in [1.29, 1.82) is 0 Å². The maximum absolute atomic E-state index is 2.39. The second kappa shape index (κ2) is 11.0. The van der Waals surface area contributed by atoms with Gasteiger partial charge in [0.2, 0.25) is 0 Å². The van der Waals surface area contributed by atoms with Crippen molar-refractivity contribution >= 4 is 10.8 Å². The summed E-state index contributed by atoms with van der Waals surface area (Å²) in [4.78, 5) is 0. The quantitative estimate of drug-likeness (QED) is 0.298. The molecule has 2 aromatic rings. The minimum Gasteiger partial charge on any atom is -0.0885 e. The minimum atomic E-state index is 1.15. The van der Waals surface area contributed by atoms with Crippen molar-refractivity contribution in [3.05, 3.63) is 60.2 Å². The molecule has 0 amide bonds. The van der Waals surface area contributed by atoms with E-state index in [4.69, 9.17) is 0 Å². The SMILES string of the molecule is CCCCCCCCC/C=C/CCc1cccc2ccccc12. The van der Waals surface area contributed by atoms with Crippen molar-refractivity contribution in [1.82, 2.24) is 0 Å². The van der Waals surface area contributed by atoms with E-state index in [9.17, 15) is 0 Å². The van der Waals surface area contributed by atoms with Crippen LogP contribution in [-0.2, 0) is 6.42 Å². The number of aryl methyl sites for hydroxylation is 1. The molecular formula is C23H32. The van der Waals surface area contributed by atoms with Crippen molar-refractivity contribution in [3.8, 4) is 0 Å². The van der Waals surface area contributed by atoms with E-state index in [0.717, 1.165) is 12.8 Å². The van der Waals surface area contributed by atoms with Crippen LogP contribution in [0.5, 0.6) is 0 Å². The highest BCUT2D eigenvalue weighted by Crippen LogP contribution is 2.19. The molecule has 0 heterocycles. The first-order valence-corrected chi connectivity index (χ1v) is 9.53. The van der Waals surface area contributed by atoms with Gasteiger partial charge in [0.15, 0.2) is 0 Å². The molecule has 124 valence electrons. The summed E-state index contributed by atoms with van der Waals surface area (Å²) in [6.45, 7) is 2.28. The fraction of sp³-hybridized carbons (Fsp3) is 0.478. The molecule has 0 radical (unpaired) electrons. The predicted octanol–water partition coefficient (Wildman–Crippen LogP) is 7.47. The maximum Gasteiger partial charge on any atom is -0.0152 e. The van der Waals surface area contributed by atoms with E-state index >= 15 is 0 Å². The number of fused-ring (bicyclic) bond motifs is 1. The number of allylic oxidation sites excluding steroid dienone is 2. The molecule has 0 atom stereocenters. The Bertz CT molecular complexity index is 574. The first-order valence-electron chi connectivity index (χ1n) is 9.53. The molecule has 0 saturated heterocycles. The molecular weight excluding hydrogens is 276 g/mol. The second-order valence-electron chi connectivity index (χ2n) is 6.56. The van der Waals surface area contributed by atoms with Gasteiger partial charge < -0.3 is 0 Å². The van der Waals surface area contributed by atoms with E-state index in [0.29, 0.717) is 0 Å². The van der Waals surface area contributed by atoms with E-state index in [-0.39, 0.29) is 0 Å². The van der Waals surface area contributed by atoms with Crippen molar-refractivity contribution < 1.29 is 0 Å². The third-order valence-electron chi connectivity index (χ3n) is 4.60. The van der Waals surface area contributed by atoms with Crippen molar-refractivity contribution in [3.63, 3.8) is 0 Å². The van der Waals surface area contributed by atoms with E-state index in [1.165, 1.54) is 67.7 Å². The molecule has 23 heavy (non-hydrogen) atoms. The van der Waals surface area contributed by atoms with Crippen LogP contribution in [0.4, 0.5) is 0 Å². The summed E-state index contributed by atoms with van der Waals surface area (Å²) in [5.41, 5.74) is 1.48. The van der Waals surface area contributed by atoms with Gasteiger partial charge >= 0.3 is 0 Å². The normalized spacial score (nSPS) is 11.5. The van der Waals surface area contributed by atoms with Crippen LogP contribution >= 0.6 is 0 Å². The van der Waals surface area contributed by atoms with Crippen LogP contribution < -0.4 is 0 Å². The molecule has 0 N–H and O–H groups in total. The molecule has 0 saturated carbocycles. The van der Waals surface area contributed by atoms with E-state index in [2.05, 4.69) is 61.5 Å². The molecule has 0 aliphatic rings. The highest BCUT2D eigenvalue weighted by Gasteiger charge is 1.98. The molecule has 2 aromatic carbocycles. The third kappa shape index (κ3) is 6.60. The van der Waals surface area contributed by atoms with Gasteiger partial charge in [0.1, 0.15) is 0 Å². The van der Waals surface area contributed by atoms with Crippen LogP contribution in [0.2, 0.25) is 0 Å². The summed E-state index contributed by atoms with van der Waals surface area (Å²) in [5.74, 6) is 0. The molecule has 0 aliphatic heterocycles. The van der Waals surface area contributed by atoms with Gasteiger partial charge in [-0.1, -0.05) is 100 Å². The molecule has 0 aromatic heterocycles. The van der Waals surface area contributed by atoms with Gasteiger partial charge in [-0.25, -0.2) is 0 Å². The van der Waals surface area contributed by atoms with Crippen molar-refractivity contribution in [2.24, 2.45) is 0 Å². The van der Waals surface area contributed by atoms with Gasteiger partial charge in [-0.3, -0.25) is 0 Å². The molecule has 0 spiro atoms. The van der Waals surface area contributed by atoms with Crippen LogP contribution in [0, 0.1) is 0 Å². The number of hydrogen-bond donors (Lipinski definition) is 0. The van der Waals surface area contributed by atoms with Crippen LogP contribution in [0.25, 0.3) is 10.8 Å². The lowest BCUT2D eigenvalue weighted by Crippen LogP contribution is -1.85. The molecule has 0 heteroatoms. The maximum atomic E-state index is 2.39. The number of rotatable bonds is 11. The van der Waals surface area contributed by atoms with Crippen LogP contribution in [0.3, 0.4) is 0 Å². The van der Waals surface area contributed by atoms with Gasteiger partial charge in [0.05, 0.1) is 0 Å². The van der Waals surface area contributed by atoms with E-state index < -0.39 is 0 Å². The molecule has 0 fully saturated rings. The van der Waals surface area contributed by atoms with Crippen LogP contribution in [0.15, 0.2) is 54.6 Å². The predicted molar refractivity (Wildman–Crippen MR) is 104 cm³/mol. The number of benzene rings is 2. The van der Waals surface area contributed by atoms with Gasteiger partial charge in [-0.2, -0.15) is 0 Å². The van der Waals surface area contributed by atoms with Crippen molar-refractivity contribution in [2.45, 2.75) is 71.1 Å². The Morgan fingerprint density at radius 2 is 1.39 bits per heavy atom. The average Bonchev–Trinajstić information content (AvgIpc) is 2.60. The molecule has 0 unspecified atom stereocenters. The summed E-state index contributed by atoms with van der Waals surface area (Å²) >= 11 is 0. The Balaban J connectivity index is 1.61. The Morgan fingerprint density at radius 3 is 2.26 bits per heavy atom. The number of hydrogen-bond acceptors (Lipinski definition) is 0. The smallest absolute Gasteiger partial charge is 0.0152 e. The summed E-state index contributed by atoms with van der Waals surface area (Å²) < 4.78 is 0. The molecule has 0 bridgehead atoms. The minimum absolute atomic E-state index is 1.15.